The Kier molecular flexibility index (Phi) is 6.21. The lowest BCUT2D eigenvalue weighted by molar-refractivity contribution is -0.117. The van der Waals surface area contributed by atoms with E-state index in [0.29, 0.717) is 18.3 Å². The molecule has 1 aromatic rings. The first-order valence-corrected chi connectivity index (χ1v) is 7.57. The third kappa shape index (κ3) is 4.34. The average molecular weight is 276 g/mol. The molecule has 0 saturated heterocycles. The molecule has 3 nitrogen and oxygen atoms in total. The Morgan fingerprint density at radius 2 is 1.85 bits per heavy atom. The van der Waals surface area contributed by atoms with Gasteiger partial charge in [0.05, 0.1) is 6.04 Å². The molecule has 0 fully saturated rings. The highest BCUT2D eigenvalue weighted by Gasteiger charge is 2.16. The quantitative estimate of drug-likeness (QED) is 0.825. The molecule has 0 aliphatic heterocycles. The summed E-state index contributed by atoms with van der Waals surface area (Å²) in [4.78, 5) is 12.1. The number of carbonyl (C=O) groups is 1. The Morgan fingerprint density at radius 1 is 1.20 bits per heavy atom. The summed E-state index contributed by atoms with van der Waals surface area (Å²) in [5, 5.41) is 2.98. The van der Waals surface area contributed by atoms with Crippen LogP contribution in [0.25, 0.3) is 0 Å². The average Bonchev–Trinajstić information content (AvgIpc) is 2.38. The Hall–Kier alpha value is -1.35. The summed E-state index contributed by atoms with van der Waals surface area (Å²) in [6.07, 6.45) is 1.63. The maximum Gasteiger partial charge on any atom is 0.241 e. The van der Waals surface area contributed by atoms with Crippen molar-refractivity contribution in [3.63, 3.8) is 0 Å². The zero-order chi connectivity index (χ0) is 15.3. The zero-order valence-electron chi connectivity index (χ0n) is 13.4. The molecule has 3 N–H and O–H groups in total. The Morgan fingerprint density at radius 3 is 2.35 bits per heavy atom. The number of benzene rings is 1. The number of hydrogen-bond acceptors (Lipinski definition) is 2. The monoisotopic (exact) mass is 276 g/mol. The molecule has 0 bridgehead atoms. The Bertz CT molecular complexity index is 452. The van der Waals surface area contributed by atoms with Crippen LogP contribution in [-0.2, 0) is 4.79 Å². The normalized spacial score (nSPS) is 12.8. The molecular weight excluding hydrogens is 248 g/mol. The van der Waals surface area contributed by atoms with Gasteiger partial charge in [0, 0.05) is 5.69 Å². The summed E-state index contributed by atoms with van der Waals surface area (Å²) in [5.74, 6) is 0.761. The smallest absolute Gasteiger partial charge is 0.241 e. The van der Waals surface area contributed by atoms with Crippen molar-refractivity contribution in [1.29, 1.82) is 0 Å². The van der Waals surface area contributed by atoms with Crippen molar-refractivity contribution >= 4 is 11.6 Å². The van der Waals surface area contributed by atoms with Crippen LogP contribution in [0, 0.1) is 0 Å². The lowest BCUT2D eigenvalue weighted by Gasteiger charge is -2.18. The van der Waals surface area contributed by atoms with Crippen molar-refractivity contribution in [3.8, 4) is 0 Å². The van der Waals surface area contributed by atoms with Gasteiger partial charge in [0.2, 0.25) is 5.91 Å². The maximum absolute atomic E-state index is 12.1. The Balaban J connectivity index is 2.97. The molecule has 0 saturated carbocycles. The number of anilines is 1. The minimum absolute atomic E-state index is 0.0916. The fraction of sp³-hybridized carbons (Fsp3) is 0.588. The van der Waals surface area contributed by atoms with E-state index in [1.807, 2.05) is 13.0 Å². The van der Waals surface area contributed by atoms with E-state index >= 15 is 0 Å². The second-order valence-corrected chi connectivity index (χ2v) is 6.04. The fourth-order valence-electron chi connectivity index (χ4n) is 2.20. The molecule has 0 aliphatic rings. The van der Waals surface area contributed by atoms with Crippen molar-refractivity contribution < 1.29 is 4.79 Å². The summed E-state index contributed by atoms with van der Waals surface area (Å²) in [7, 11) is 0. The van der Waals surface area contributed by atoms with Crippen LogP contribution in [0.15, 0.2) is 18.2 Å². The van der Waals surface area contributed by atoms with Crippen LogP contribution in [0.2, 0.25) is 0 Å². The molecule has 0 spiro atoms. The first-order chi connectivity index (χ1) is 9.36. The molecule has 1 amide bonds. The summed E-state index contributed by atoms with van der Waals surface area (Å²) in [5.41, 5.74) is 9.23. The summed E-state index contributed by atoms with van der Waals surface area (Å²) in [6.45, 7) is 10.7. The topological polar surface area (TPSA) is 55.1 Å². The molecule has 20 heavy (non-hydrogen) atoms. The van der Waals surface area contributed by atoms with Crippen LogP contribution in [0.3, 0.4) is 0 Å². The van der Waals surface area contributed by atoms with Crippen LogP contribution < -0.4 is 11.1 Å². The van der Waals surface area contributed by atoms with Crippen molar-refractivity contribution in [2.24, 2.45) is 5.73 Å². The van der Waals surface area contributed by atoms with Gasteiger partial charge in [-0.1, -0.05) is 53.2 Å². The van der Waals surface area contributed by atoms with Gasteiger partial charge in [0.25, 0.3) is 0 Å². The SMILES string of the molecule is CCC[C@H](N)C(=O)Nc1ccc(C(C)C)cc1C(C)C. The van der Waals surface area contributed by atoms with Crippen LogP contribution >= 0.6 is 0 Å². The molecule has 0 radical (unpaired) electrons. The summed E-state index contributed by atoms with van der Waals surface area (Å²) in [6, 6.07) is 5.85. The van der Waals surface area contributed by atoms with Gasteiger partial charge in [-0.3, -0.25) is 4.79 Å². The van der Waals surface area contributed by atoms with E-state index in [1.54, 1.807) is 0 Å². The zero-order valence-corrected chi connectivity index (χ0v) is 13.4. The van der Waals surface area contributed by atoms with Gasteiger partial charge in [-0.05, 0) is 35.4 Å². The van der Waals surface area contributed by atoms with Crippen LogP contribution in [0.5, 0.6) is 0 Å². The minimum Gasteiger partial charge on any atom is -0.324 e. The summed E-state index contributed by atoms with van der Waals surface area (Å²) < 4.78 is 0. The molecule has 1 aromatic carbocycles. The molecular formula is C17H28N2O. The number of hydrogen-bond donors (Lipinski definition) is 2. The fourth-order valence-corrected chi connectivity index (χ4v) is 2.20. The van der Waals surface area contributed by atoms with Crippen molar-refractivity contribution in [2.45, 2.75) is 65.3 Å². The standard InChI is InChI=1S/C17H28N2O/c1-6-7-15(18)17(20)19-16-9-8-13(11(2)3)10-14(16)12(4)5/h8-12,15H,6-7,18H2,1-5H3,(H,19,20)/t15-/m0/s1. The van der Waals surface area contributed by atoms with Crippen LogP contribution in [0.1, 0.15) is 70.4 Å². The number of nitrogens with one attached hydrogen (secondary N) is 1. The number of rotatable bonds is 6. The van der Waals surface area contributed by atoms with Crippen molar-refractivity contribution in [3.05, 3.63) is 29.3 Å². The first kappa shape index (κ1) is 16.7. The lowest BCUT2D eigenvalue weighted by atomic mass is 9.94. The number of amides is 1. The molecule has 3 heteroatoms. The second-order valence-electron chi connectivity index (χ2n) is 6.04. The van der Waals surface area contributed by atoms with E-state index in [0.717, 1.165) is 12.1 Å². The van der Waals surface area contributed by atoms with Crippen LogP contribution in [0.4, 0.5) is 5.69 Å². The molecule has 1 atom stereocenters. The van der Waals surface area contributed by atoms with E-state index in [9.17, 15) is 4.79 Å². The van der Waals surface area contributed by atoms with Gasteiger partial charge < -0.3 is 11.1 Å². The Labute approximate surface area is 122 Å². The molecule has 0 unspecified atom stereocenters. The molecule has 0 aromatic heterocycles. The minimum atomic E-state index is -0.426. The molecule has 112 valence electrons. The van der Waals surface area contributed by atoms with E-state index in [2.05, 4.69) is 45.1 Å². The number of carbonyl (C=O) groups excluding carboxylic acids is 1. The van der Waals surface area contributed by atoms with E-state index in [4.69, 9.17) is 5.73 Å². The molecule has 0 aliphatic carbocycles. The van der Waals surface area contributed by atoms with E-state index in [1.165, 1.54) is 11.1 Å². The van der Waals surface area contributed by atoms with E-state index in [-0.39, 0.29) is 5.91 Å². The van der Waals surface area contributed by atoms with Gasteiger partial charge in [-0.25, -0.2) is 0 Å². The largest absolute Gasteiger partial charge is 0.324 e. The highest BCUT2D eigenvalue weighted by molar-refractivity contribution is 5.95. The van der Waals surface area contributed by atoms with E-state index < -0.39 is 6.04 Å². The van der Waals surface area contributed by atoms with Crippen molar-refractivity contribution in [1.82, 2.24) is 0 Å². The number of nitrogens with two attached hydrogens (primary N) is 1. The second kappa shape index (κ2) is 7.44. The highest BCUT2D eigenvalue weighted by Crippen LogP contribution is 2.28. The van der Waals surface area contributed by atoms with Gasteiger partial charge in [-0.15, -0.1) is 0 Å². The van der Waals surface area contributed by atoms with Crippen LogP contribution in [-0.4, -0.2) is 11.9 Å². The first-order valence-electron chi connectivity index (χ1n) is 7.57. The third-order valence-corrected chi connectivity index (χ3v) is 3.56. The van der Waals surface area contributed by atoms with Gasteiger partial charge in [-0.2, -0.15) is 0 Å². The van der Waals surface area contributed by atoms with Gasteiger partial charge >= 0.3 is 0 Å². The highest BCUT2D eigenvalue weighted by atomic mass is 16.2. The van der Waals surface area contributed by atoms with Gasteiger partial charge in [0.15, 0.2) is 0 Å². The van der Waals surface area contributed by atoms with Crippen molar-refractivity contribution in [2.75, 3.05) is 5.32 Å². The maximum atomic E-state index is 12.1. The molecule has 0 heterocycles. The predicted molar refractivity (Wildman–Crippen MR) is 86.1 cm³/mol. The third-order valence-electron chi connectivity index (χ3n) is 3.56. The lowest BCUT2D eigenvalue weighted by Crippen LogP contribution is -2.35. The van der Waals surface area contributed by atoms with Gasteiger partial charge in [0.1, 0.15) is 0 Å². The molecule has 1 rings (SSSR count). The predicted octanol–water partition coefficient (Wildman–Crippen LogP) is 4.00. The summed E-state index contributed by atoms with van der Waals surface area (Å²) >= 11 is 0.